The minimum Gasteiger partial charge on any atom is -0.355 e. The summed E-state index contributed by atoms with van der Waals surface area (Å²) >= 11 is 18.2. The van der Waals surface area contributed by atoms with Gasteiger partial charge in [0.1, 0.15) is 18.4 Å². The van der Waals surface area contributed by atoms with Gasteiger partial charge in [-0.15, -0.1) is 0 Å². The summed E-state index contributed by atoms with van der Waals surface area (Å²) < 4.78 is 42.2. The van der Waals surface area contributed by atoms with Gasteiger partial charge in [-0.05, 0) is 61.4 Å². The van der Waals surface area contributed by atoms with Gasteiger partial charge < -0.3 is 10.2 Å². The molecule has 0 fully saturated rings. The van der Waals surface area contributed by atoms with Crippen molar-refractivity contribution < 1.29 is 22.4 Å². The van der Waals surface area contributed by atoms with E-state index in [1.807, 2.05) is 0 Å². The Morgan fingerprint density at radius 3 is 2.21 bits per heavy atom. The standard InChI is InChI=1S/C27H27Cl3FN3O4S/c1-3-25(27(36)32-4-2)33(16-18-10-12-21(28)22(29)14-18)26(35)17-34(19-11-13-24(31)23(30)15-19)39(37,38)20-8-6-5-7-9-20/h5-15,25H,3-4,16-17H2,1-2H3,(H,32,36). The lowest BCUT2D eigenvalue weighted by atomic mass is 10.1. The van der Waals surface area contributed by atoms with E-state index in [0.29, 0.717) is 17.1 Å². The van der Waals surface area contributed by atoms with E-state index < -0.39 is 40.2 Å². The van der Waals surface area contributed by atoms with Crippen molar-refractivity contribution in [2.24, 2.45) is 0 Å². The molecule has 0 aliphatic rings. The smallest absolute Gasteiger partial charge is 0.264 e. The SMILES string of the molecule is CCNC(=O)C(CC)N(Cc1ccc(Cl)c(Cl)c1)C(=O)CN(c1ccc(F)c(Cl)c1)S(=O)(=O)c1ccccc1. The fourth-order valence-electron chi connectivity index (χ4n) is 3.93. The van der Waals surface area contributed by atoms with Gasteiger partial charge in [0, 0.05) is 13.1 Å². The number of nitrogens with one attached hydrogen (secondary N) is 1. The number of hydrogen-bond acceptors (Lipinski definition) is 4. The second kappa shape index (κ2) is 13.5. The topological polar surface area (TPSA) is 86.8 Å². The van der Waals surface area contributed by atoms with Gasteiger partial charge in [0.2, 0.25) is 11.8 Å². The molecule has 0 bridgehead atoms. The van der Waals surface area contributed by atoms with Gasteiger partial charge in [0.25, 0.3) is 10.0 Å². The summed E-state index contributed by atoms with van der Waals surface area (Å²) in [6.07, 6.45) is 0.257. The third kappa shape index (κ3) is 7.42. The molecule has 7 nitrogen and oxygen atoms in total. The van der Waals surface area contributed by atoms with E-state index in [1.54, 1.807) is 50.2 Å². The van der Waals surface area contributed by atoms with Crippen molar-refractivity contribution >= 4 is 62.3 Å². The zero-order valence-electron chi connectivity index (χ0n) is 21.2. The first kappa shape index (κ1) is 30.7. The van der Waals surface area contributed by atoms with Crippen molar-refractivity contribution in [2.75, 3.05) is 17.4 Å². The zero-order valence-corrected chi connectivity index (χ0v) is 24.3. The average molecular weight is 615 g/mol. The molecular formula is C27H27Cl3FN3O4S. The number of likely N-dealkylation sites (N-methyl/N-ethyl adjacent to an activating group) is 1. The molecule has 1 atom stereocenters. The second-order valence-corrected chi connectivity index (χ2v) is 11.6. The highest BCUT2D eigenvalue weighted by Gasteiger charge is 2.33. The van der Waals surface area contributed by atoms with E-state index in [1.165, 1.54) is 23.1 Å². The molecule has 2 amide bonds. The van der Waals surface area contributed by atoms with E-state index in [-0.39, 0.29) is 33.6 Å². The summed E-state index contributed by atoms with van der Waals surface area (Å²) in [5, 5.41) is 3.00. The molecule has 0 aromatic heterocycles. The number of sulfonamides is 1. The molecule has 12 heteroatoms. The molecule has 0 saturated heterocycles. The first-order valence-corrected chi connectivity index (χ1v) is 14.6. The number of hydrogen-bond donors (Lipinski definition) is 1. The van der Waals surface area contributed by atoms with Crippen LogP contribution < -0.4 is 9.62 Å². The summed E-state index contributed by atoms with van der Waals surface area (Å²) in [6, 6.07) is 14.8. The largest absolute Gasteiger partial charge is 0.355 e. The van der Waals surface area contributed by atoms with Crippen LogP contribution in [0.15, 0.2) is 71.6 Å². The summed E-state index contributed by atoms with van der Waals surface area (Å²) in [7, 11) is -4.29. The van der Waals surface area contributed by atoms with Crippen molar-refractivity contribution in [1.82, 2.24) is 10.2 Å². The lowest BCUT2D eigenvalue weighted by Gasteiger charge is -2.33. The number of amides is 2. The Kier molecular flexibility index (Phi) is 10.6. The number of benzene rings is 3. The molecular weight excluding hydrogens is 588 g/mol. The van der Waals surface area contributed by atoms with E-state index in [9.17, 15) is 22.4 Å². The Morgan fingerprint density at radius 1 is 0.923 bits per heavy atom. The van der Waals surface area contributed by atoms with Crippen molar-refractivity contribution in [3.63, 3.8) is 0 Å². The minimum atomic E-state index is -4.29. The molecule has 0 saturated carbocycles. The first-order valence-electron chi connectivity index (χ1n) is 12.0. The van der Waals surface area contributed by atoms with Gasteiger partial charge in [-0.2, -0.15) is 0 Å². The van der Waals surface area contributed by atoms with Crippen LogP contribution in [0.4, 0.5) is 10.1 Å². The third-order valence-corrected chi connectivity index (χ3v) is 8.69. The quantitative estimate of drug-likeness (QED) is 0.290. The van der Waals surface area contributed by atoms with E-state index >= 15 is 0 Å². The van der Waals surface area contributed by atoms with Crippen LogP contribution in [0.2, 0.25) is 15.1 Å². The summed E-state index contributed by atoms with van der Waals surface area (Å²) in [5.41, 5.74) is 0.571. The highest BCUT2D eigenvalue weighted by molar-refractivity contribution is 7.92. The van der Waals surface area contributed by atoms with Crippen LogP contribution in [0, 0.1) is 5.82 Å². The molecule has 3 aromatic carbocycles. The maximum Gasteiger partial charge on any atom is 0.264 e. The van der Waals surface area contributed by atoms with Crippen molar-refractivity contribution in [1.29, 1.82) is 0 Å². The molecule has 3 aromatic rings. The van der Waals surface area contributed by atoms with Crippen LogP contribution in [0.5, 0.6) is 0 Å². The van der Waals surface area contributed by atoms with Crippen LogP contribution in [-0.4, -0.2) is 44.3 Å². The lowest BCUT2D eigenvalue weighted by molar-refractivity contribution is -0.140. The number of carbonyl (C=O) groups excluding carboxylic acids is 2. The number of nitrogens with zero attached hydrogens (tertiary/aromatic N) is 2. The maximum atomic E-state index is 13.9. The van der Waals surface area contributed by atoms with E-state index in [4.69, 9.17) is 34.8 Å². The summed E-state index contributed by atoms with van der Waals surface area (Å²) in [6.45, 7) is 3.10. The number of rotatable bonds is 11. The third-order valence-electron chi connectivity index (χ3n) is 5.88. The second-order valence-electron chi connectivity index (χ2n) is 8.51. The predicted octanol–water partition coefficient (Wildman–Crippen LogP) is 5.92. The molecule has 39 heavy (non-hydrogen) atoms. The minimum absolute atomic E-state index is 0.0147. The number of anilines is 1. The Labute approximate surface area is 242 Å². The zero-order chi connectivity index (χ0) is 28.7. The highest BCUT2D eigenvalue weighted by Crippen LogP contribution is 2.29. The maximum absolute atomic E-state index is 13.9. The average Bonchev–Trinajstić information content (AvgIpc) is 2.91. The Bertz CT molecular complexity index is 1440. The van der Waals surface area contributed by atoms with Crippen molar-refractivity contribution in [2.45, 2.75) is 37.8 Å². The van der Waals surface area contributed by atoms with Gasteiger partial charge in [-0.25, -0.2) is 12.8 Å². The predicted molar refractivity (Wildman–Crippen MR) is 152 cm³/mol. The van der Waals surface area contributed by atoms with Crippen LogP contribution >= 0.6 is 34.8 Å². The lowest BCUT2D eigenvalue weighted by Crippen LogP contribution is -2.52. The molecule has 1 N–H and O–H groups in total. The highest BCUT2D eigenvalue weighted by atomic mass is 35.5. The molecule has 0 spiro atoms. The molecule has 3 rings (SSSR count). The van der Waals surface area contributed by atoms with Gasteiger partial charge in [0.15, 0.2) is 0 Å². The Morgan fingerprint density at radius 2 is 1.62 bits per heavy atom. The van der Waals surface area contributed by atoms with Crippen LogP contribution in [0.3, 0.4) is 0 Å². The number of carbonyl (C=O) groups is 2. The van der Waals surface area contributed by atoms with Gasteiger partial charge in [-0.3, -0.25) is 13.9 Å². The van der Waals surface area contributed by atoms with Gasteiger partial charge in [-0.1, -0.05) is 66.0 Å². The normalized spacial score (nSPS) is 12.1. The summed E-state index contributed by atoms with van der Waals surface area (Å²) in [4.78, 5) is 28.1. The fourth-order valence-corrected chi connectivity index (χ4v) is 5.86. The van der Waals surface area contributed by atoms with Crippen LogP contribution in [-0.2, 0) is 26.2 Å². The van der Waals surface area contributed by atoms with Crippen molar-refractivity contribution in [3.8, 4) is 0 Å². The van der Waals surface area contributed by atoms with Crippen LogP contribution in [0.1, 0.15) is 25.8 Å². The Hall–Kier alpha value is -2.85. The van der Waals surface area contributed by atoms with Crippen molar-refractivity contribution in [3.05, 3.63) is 93.2 Å². The van der Waals surface area contributed by atoms with E-state index in [2.05, 4.69) is 5.32 Å². The first-order chi connectivity index (χ1) is 18.5. The molecule has 1 unspecified atom stereocenters. The van der Waals surface area contributed by atoms with Gasteiger partial charge >= 0.3 is 0 Å². The molecule has 208 valence electrons. The molecule has 0 heterocycles. The summed E-state index contributed by atoms with van der Waals surface area (Å²) in [5.74, 6) is -1.80. The van der Waals surface area contributed by atoms with Crippen LogP contribution in [0.25, 0.3) is 0 Å². The van der Waals surface area contributed by atoms with Gasteiger partial charge in [0.05, 0.1) is 25.7 Å². The monoisotopic (exact) mass is 613 g/mol. The fraction of sp³-hybridized carbons (Fsp3) is 0.259. The molecule has 0 radical (unpaired) electrons. The Balaban J connectivity index is 2.08. The van der Waals surface area contributed by atoms with E-state index in [0.717, 1.165) is 16.4 Å². The molecule has 0 aliphatic carbocycles. The molecule has 0 aliphatic heterocycles. The number of halogens is 4.